The number of amides is 1. The fourth-order valence-corrected chi connectivity index (χ4v) is 45.1. The molecule has 4 rings (SSSR count). The molecule has 0 spiro atoms. The monoisotopic (exact) mass is 555 g/mol. The number of nitrogens with one attached hydrogen (secondary N) is 1. The lowest BCUT2D eigenvalue weighted by atomic mass is 10.2. The van der Waals surface area contributed by atoms with E-state index in [2.05, 4.69) is 5.32 Å². The first-order valence-electron chi connectivity index (χ1n) is 9.16. The normalized spacial score (nSPS) is 21.6. The van der Waals surface area contributed by atoms with Gasteiger partial charge < -0.3 is 20.1 Å². The Hall–Kier alpha value is -2.00. The molecule has 33 heavy (non-hydrogen) atoms. The van der Waals surface area contributed by atoms with E-state index < -0.39 is 26.7 Å². The Morgan fingerprint density at radius 1 is 0.848 bits per heavy atom. The van der Waals surface area contributed by atoms with Gasteiger partial charge in [-0.3, -0.25) is 5.32 Å². The van der Waals surface area contributed by atoms with Gasteiger partial charge in [-0.2, -0.15) is 0 Å². The van der Waals surface area contributed by atoms with Gasteiger partial charge in [0.15, 0.2) is 0 Å². The quantitative estimate of drug-likeness (QED) is 0.303. The zero-order chi connectivity index (χ0) is 23.8. The summed E-state index contributed by atoms with van der Waals surface area (Å²) in [7, 11) is 0. The van der Waals surface area contributed by atoms with E-state index in [0.717, 1.165) is 16.7 Å². The van der Waals surface area contributed by atoms with Crippen LogP contribution in [-0.4, -0.2) is 27.4 Å². The molecular weight excluding hydrogens is 540 g/mol. The molecule has 4 N–H and O–H groups in total. The number of ether oxygens (including phenoxy) is 1. The highest BCUT2D eigenvalue weighted by molar-refractivity contribution is 9.48. The van der Waals surface area contributed by atoms with Crippen molar-refractivity contribution in [2.24, 2.45) is 0 Å². The molecule has 0 radical (unpaired) electrons. The van der Waals surface area contributed by atoms with E-state index in [-0.39, 0.29) is 17.0 Å². The van der Waals surface area contributed by atoms with Crippen molar-refractivity contribution < 1.29 is 29.6 Å². The molecule has 13 heteroatoms. The molecule has 1 saturated heterocycles. The van der Waals surface area contributed by atoms with Crippen LogP contribution in [0.3, 0.4) is 0 Å². The Morgan fingerprint density at radius 2 is 1.39 bits per heavy atom. The van der Waals surface area contributed by atoms with E-state index in [9.17, 15) is 19.8 Å². The number of carboxylic acid groups (broad SMARTS) is 1. The molecule has 0 bridgehead atoms. The van der Waals surface area contributed by atoms with E-state index in [0.29, 0.717) is 5.75 Å². The number of benzene rings is 3. The van der Waals surface area contributed by atoms with Crippen LogP contribution in [0.2, 0.25) is 0 Å². The number of carboxylic acids is 1. The third kappa shape index (κ3) is 5.24. The first kappa shape index (κ1) is 24.1. The number of anilines is 1. The predicted octanol–water partition coefficient (Wildman–Crippen LogP) is 5.46. The highest BCUT2D eigenvalue weighted by Gasteiger charge is 2.45. The number of carbonyl (C=O) groups is 2. The summed E-state index contributed by atoms with van der Waals surface area (Å²) in [4.78, 5) is 23.1. The minimum Gasteiger partial charge on any atom is -0.508 e. The molecule has 1 fully saturated rings. The minimum atomic E-state index is -1.95. The fraction of sp³-hybridized carbons (Fsp3) is 0. The van der Waals surface area contributed by atoms with E-state index >= 15 is 0 Å². The van der Waals surface area contributed by atoms with Crippen molar-refractivity contribution in [1.82, 2.24) is 0 Å². The molecule has 7 nitrogen and oxygen atoms in total. The third-order valence-corrected chi connectivity index (χ3v) is 35.7. The van der Waals surface area contributed by atoms with E-state index in [1.807, 2.05) is 24.3 Å². The maximum absolute atomic E-state index is 12.1. The van der Waals surface area contributed by atoms with E-state index in [1.54, 1.807) is 46.3 Å². The van der Waals surface area contributed by atoms with Crippen molar-refractivity contribution in [3.05, 3.63) is 72.3 Å². The van der Waals surface area contributed by atoms with Crippen molar-refractivity contribution in [2.45, 2.75) is 0 Å². The van der Waals surface area contributed by atoms with Crippen molar-refractivity contribution in [2.75, 3.05) is 5.32 Å². The van der Waals surface area contributed by atoms with Gasteiger partial charge >= 0.3 is 12.1 Å². The average molecular weight is 556 g/mol. The Kier molecular flexibility index (Phi) is 6.82. The highest BCUT2D eigenvalue weighted by atomic mass is 33.7. The van der Waals surface area contributed by atoms with Gasteiger partial charge in [0.05, 0.1) is 8.88 Å². The molecule has 0 aliphatic carbocycles. The van der Waals surface area contributed by atoms with Gasteiger partial charge in [0.25, 0.3) is 0 Å². The van der Waals surface area contributed by atoms with Crippen molar-refractivity contribution in [3.63, 3.8) is 0 Å². The smallest absolute Gasteiger partial charge is 0.417 e. The number of phenolic OH excluding ortho intramolecular Hbond substituents is 1. The fourth-order valence-electron chi connectivity index (χ4n) is 2.85. The van der Waals surface area contributed by atoms with E-state index in [4.69, 9.17) is 33.5 Å². The third-order valence-electron chi connectivity index (χ3n) is 4.43. The lowest BCUT2D eigenvalue weighted by Crippen LogP contribution is -2.17. The summed E-state index contributed by atoms with van der Waals surface area (Å²) < 4.78 is 1.41. The SMILES string of the molecule is O=C(Nc1ccc(C(=O)O)c(O)c1)Oc1ccc(P2(=S)SP(=S)(c3ccc(O)cc3)S2)cc1. The second-order valence-corrected chi connectivity index (χ2v) is 28.0. The van der Waals surface area contributed by atoms with E-state index in [1.165, 1.54) is 12.1 Å². The van der Waals surface area contributed by atoms with Crippen LogP contribution in [0.15, 0.2) is 66.7 Å². The molecule has 0 atom stereocenters. The number of hydrogen-bond acceptors (Lipinski definition) is 9. The topological polar surface area (TPSA) is 116 Å². The largest absolute Gasteiger partial charge is 0.508 e. The van der Waals surface area contributed by atoms with Gasteiger partial charge in [-0.25, -0.2) is 9.59 Å². The summed E-state index contributed by atoms with van der Waals surface area (Å²) >= 11 is 15.1. The Labute approximate surface area is 206 Å². The van der Waals surface area contributed by atoms with Gasteiger partial charge in [0.1, 0.15) is 22.8 Å². The molecule has 0 unspecified atom stereocenters. The van der Waals surface area contributed by atoms with Crippen LogP contribution in [0.5, 0.6) is 17.2 Å². The second-order valence-electron chi connectivity index (χ2n) is 6.72. The average Bonchev–Trinajstić information content (AvgIpc) is 2.73. The predicted molar refractivity (Wildman–Crippen MR) is 142 cm³/mol. The lowest BCUT2D eigenvalue weighted by molar-refractivity contribution is 0.0693. The van der Waals surface area contributed by atoms with Gasteiger partial charge in [0, 0.05) is 22.4 Å². The summed E-state index contributed by atoms with van der Waals surface area (Å²) in [5.41, 5.74) is -0.0785. The Balaban J connectivity index is 1.38. The summed E-state index contributed by atoms with van der Waals surface area (Å²) in [6.07, 6.45) is -0.789. The molecular formula is C20H15NO6P2S4. The molecule has 3 aromatic carbocycles. The van der Waals surface area contributed by atoms with Crippen LogP contribution in [-0.2, 0) is 23.6 Å². The number of hydrogen-bond donors (Lipinski definition) is 4. The first-order chi connectivity index (χ1) is 15.6. The van der Waals surface area contributed by atoms with Gasteiger partial charge in [-0.05, 0) is 60.7 Å². The van der Waals surface area contributed by atoms with Crippen molar-refractivity contribution in [3.8, 4) is 17.2 Å². The molecule has 1 aliphatic rings. The van der Waals surface area contributed by atoms with Crippen molar-refractivity contribution in [1.29, 1.82) is 0 Å². The summed E-state index contributed by atoms with van der Waals surface area (Å²) in [6, 6.07) is 17.6. The Morgan fingerprint density at radius 3 is 1.91 bits per heavy atom. The molecule has 0 saturated carbocycles. The Bertz CT molecular complexity index is 1330. The van der Waals surface area contributed by atoms with Crippen LogP contribution in [0, 0.1) is 0 Å². The standard InChI is InChI=1S/C20H15NO6P2S4/c22-13-2-6-15(7-3-13)28(30)32-29(31,33-28)16-8-4-14(5-9-16)27-20(26)21-12-1-10-17(19(24)25)18(23)11-12/h1-11,22-23H,(H,21,26)(H,24,25). The summed E-state index contributed by atoms with van der Waals surface area (Å²) in [5, 5.41) is 32.6. The number of aromatic carboxylic acids is 1. The minimum absolute atomic E-state index is 0.191. The first-order valence-corrected chi connectivity index (χ1v) is 18.8. The van der Waals surface area contributed by atoms with Crippen LogP contribution >= 0.6 is 30.9 Å². The summed E-state index contributed by atoms with van der Waals surface area (Å²) in [6.45, 7) is 0. The van der Waals surface area contributed by atoms with Gasteiger partial charge in [-0.15, -0.1) is 0 Å². The van der Waals surface area contributed by atoms with Crippen molar-refractivity contribution >= 4 is 82.9 Å². The number of aromatic hydroxyl groups is 2. The van der Waals surface area contributed by atoms with Gasteiger partial charge in [-0.1, -0.05) is 45.6 Å². The van der Waals surface area contributed by atoms with Gasteiger partial charge in [0.2, 0.25) is 0 Å². The maximum atomic E-state index is 12.1. The number of rotatable bonds is 5. The highest BCUT2D eigenvalue weighted by Crippen LogP contribution is 3.04. The van der Waals surface area contributed by atoms with Crippen LogP contribution in [0.4, 0.5) is 10.5 Å². The summed E-state index contributed by atoms with van der Waals surface area (Å²) in [5.74, 6) is -1.24. The molecule has 3 aromatic rings. The van der Waals surface area contributed by atoms with Crippen LogP contribution in [0.1, 0.15) is 10.4 Å². The zero-order valence-corrected chi connectivity index (χ0v) is 21.5. The molecule has 0 aromatic heterocycles. The molecule has 1 aliphatic heterocycles. The zero-order valence-electron chi connectivity index (χ0n) is 16.4. The molecule has 1 amide bonds. The maximum Gasteiger partial charge on any atom is 0.417 e. The van der Waals surface area contributed by atoms with Crippen LogP contribution < -0.4 is 20.7 Å². The lowest BCUT2D eigenvalue weighted by Gasteiger charge is -2.40. The number of carbonyl (C=O) groups excluding carboxylic acids is 1. The number of phenols is 2. The van der Waals surface area contributed by atoms with Crippen LogP contribution in [0.25, 0.3) is 0 Å². The second kappa shape index (κ2) is 9.33. The molecule has 1 heterocycles. The molecule has 170 valence electrons.